The molecule has 0 radical (unpaired) electrons. The van der Waals surface area contributed by atoms with E-state index in [0.29, 0.717) is 13.1 Å². The second kappa shape index (κ2) is 15.8. The number of hydrogen-bond acceptors (Lipinski definition) is 10. The average molecular weight is 501 g/mol. The van der Waals surface area contributed by atoms with Crippen LogP contribution in [-0.4, -0.2) is 95.0 Å². The zero-order chi connectivity index (χ0) is 25.6. The van der Waals surface area contributed by atoms with Gasteiger partial charge in [-0.1, -0.05) is 0 Å². The highest BCUT2D eigenvalue weighted by molar-refractivity contribution is 5.75. The fourth-order valence-electron chi connectivity index (χ4n) is 3.78. The number of ether oxygens (including phenoxy) is 1. The molecule has 1 fully saturated rings. The van der Waals surface area contributed by atoms with E-state index in [9.17, 15) is 29.7 Å². The molecule has 4 atom stereocenters. The molecule has 200 valence electrons. The molecule has 9 N–H and O–H groups in total. The standard InChI is InChI=1S/C22H40N6O7/c23-6-3-9-24-7-1-2-8-25-10-4-11-26-17(30)5-12-28-13-15(21(33)27-22(28)34)20-19(32)18(31)16(14-29)35-20/h13,16,18-20,24-25,29,31-32H,1-12,14,23H2,(H,26,30)(H,27,33,34)/t16-,18?,19+,20+/m1/s1. The molecule has 0 bridgehead atoms. The van der Waals surface area contributed by atoms with E-state index >= 15 is 0 Å². The summed E-state index contributed by atoms with van der Waals surface area (Å²) in [7, 11) is 0. The summed E-state index contributed by atoms with van der Waals surface area (Å²) in [6.07, 6.45) is 0.109. The Morgan fingerprint density at radius 1 is 1.03 bits per heavy atom. The van der Waals surface area contributed by atoms with Crippen molar-refractivity contribution in [3.8, 4) is 0 Å². The van der Waals surface area contributed by atoms with Crippen LogP contribution in [0.5, 0.6) is 0 Å². The van der Waals surface area contributed by atoms with Gasteiger partial charge in [-0.05, 0) is 58.4 Å². The molecule has 1 aliphatic heterocycles. The summed E-state index contributed by atoms with van der Waals surface area (Å²) in [5, 5.41) is 38.8. The van der Waals surface area contributed by atoms with Crippen LogP contribution in [0.2, 0.25) is 0 Å². The van der Waals surface area contributed by atoms with Crippen LogP contribution >= 0.6 is 0 Å². The lowest BCUT2D eigenvalue weighted by atomic mass is 10.0. The Hall–Kier alpha value is -2.13. The summed E-state index contributed by atoms with van der Waals surface area (Å²) in [6.45, 7) is 4.33. The van der Waals surface area contributed by atoms with Crippen LogP contribution < -0.4 is 32.9 Å². The maximum atomic E-state index is 12.2. The molecule has 0 spiro atoms. The summed E-state index contributed by atoms with van der Waals surface area (Å²) < 4.78 is 6.52. The van der Waals surface area contributed by atoms with Gasteiger partial charge in [0.05, 0.1) is 12.2 Å². The average Bonchev–Trinajstić information content (AvgIpc) is 3.12. The predicted molar refractivity (Wildman–Crippen MR) is 129 cm³/mol. The minimum atomic E-state index is -1.44. The van der Waals surface area contributed by atoms with Crippen LogP contribution in [-0.2, 0) is 16.1 Å². The van der Waals surface area contributed by atoms with Crippen molar-refractivity contribution in [1.82, 2.24) is 25.5 Å². The van der Waals surface area contributed by atoms with E-state index in [1.807, 2.05) is 0 Å². The van der Waals surface area contributed by atoms with Crippen LogP contribution in [0.3, 0.4) is 0 Å². The monoisotopic (exact) mass is 500 g/mol. The topological polar surface area (TPSA) is 204 Å². The highest BCUT2D eigenvalue weighted by atomic mass is 16.6. The lowest BCUT2D eigenvalue weighted by Gasteiger charge is -2.15. The minimum Gasteiger partial charge on any atom is -0.394 e. The van der Waals surface area contributed by atoms with E-state index in [4.69, 9.17) is 10.5 Å². The Balaban J connectivity index is 1.67. The van der Waals surface area contributed by atoms with Gasteiger partial charge in [-0.2, -0.15) is 0 Å². The molecule has 0 aromatic carbocycles. The number of aryl methyl sites for hydroxylation is 1. The first-order chi connectivity index (χ1) is 16.9. The Morgan fingerprint density at radius 3 is 2.31 bits per heavy atom. The van der Waals surface area contributed by atoms with Gasteiger partial charge in [0.2, 0.25) is 5.91 Å². The maximum absolute atomic E-state index is 12.2. The number of carbonyl (C=O) groups is 1. The van der Waals surface area contributed by atoms with Crippen molar-refractivity contribution in [2.45, 2.75) is 63.1 Å². The molecule has 13 nitrogen and oxygen atoms in total. The summed E-state index contributed by atoms with van der Waals surface area (Å²) in [5.74, 6) is -0.235. The van der Waals surface area contributed by atoms with Crippen molar-refractivity contribution in [3.05, 3.63) is 32.6 Å². The molecule has 1 unspecified atom stereocenters. The van der Waals surface area contributed by atoms with Crippen molar-refractivity contribution < 1.29 is 24.9 Å². The fourth-order valence-corrected chi connectivity index (χ4v) is 3.78. The van der Waals surface area contributed by atoms with Gasteiger partial charge in [0.1, 0.15) is 24.4 Å². The number of nitrogens with zero attached hydrogens (tertiary/aromatic N) is 1. The number of aliphatic hydroxyl groups excluding tert-OH is 3. The van der Waals surface area contributed by atoms with E-state index in [-0.39, 0.29) is 24.4 Å². The van der Waals surface area contributed by atoms with Crippen LogP contribution in [0.15, 0.2) is 15.8 Å². The third-order valence-electron chi connectivity index (χ3n) is 5.83. The van der Waals surface area contributed by atoms with Crippen molar-refractivity contribution >= 4 is 5.91 Å². The van der Waals surface area contributed by atoms with Crippen molar-refractivity contribution in [1.29, 1.82) is 0 Å². The van der Waals surface area contributed by atoms with Gasteiger partial charge in [0, 0.05) is 25.7 Å². The minimum absolute atomic E-state index is 0.0147. The molecule has 35 heavy (non-hydrogen) atoms. The van der Waals surface area contributed by atoms with Gasteiger partial charge in [0.15, 0.2) is 0 Å². The number of aromatic amines is 1. The molecule has 1 aliphatic rings. The lowest BCUT2D eigenvalue weighted by molar-refractivity contribution is -0.121. The van der Waals surface area contributed by atoms with Gasteiger partial charge in [-0.25, -0.2) is 4.79 Å². The number of hydrogen-bond donors (Lipinski definition) is 8. The molecule has 2 heterocycles. The zero-order valence-corrected chi connectivity index (χ0v) is 20.1. The predicted octanol–water partition coefficient (Wildman–Crippen LogP) is -3.10. The highest BCUT2D eigenvalue weighted by Gasteiger charge is 2.44. The number of nitrogens with two attached hydrogens (primary N) is 1. The summed E-state index contributed by atoms with van der Waals surface area (Å²) in [4.78, 5) is 38.6. The van der Waals surface area contributed by atoms with Gasteiger partial charge < -0.3 is 41.7 Å². The third kappa shape index (κ3) is 9.44. The molecule has 13 heteroatoms. The first kappa shape index (κ1) is 29.1. The maximum Gasteiger partial charge on any atom is 0.328 e. The molecular weight excluding hydrogens is 460 g/mol. The normalized spacial score (nSPS) is 21.9. The van der Waals surface area contributed by atoms with Crippen LogP contribution in [0, 0.1) is 0 Å². The number of aliphatic hydroxyl groups is 3. The SMILES string of the molecule is NCCCNCCCCNCCCNC(=O)CCn1cc([C@@H]2O[C@H](CO)C(O)[C@@H]2O)c(=O)[nH]c1=O. The first-order valence-electron chi connectivity index (χ1n) is 12.2. The molecule has 1 saturated heterocycles. The summed E-state index contributed by atoms with van der Waals surface area (Å²) >= 11 is 0. The smallest absolute Gasteiger partial charge is 0.328 e. The number of rotatable bonds is 17. The number of unbranched alkanes of at least 4 members (excludes halogenated alkanes) is 1. The van der Waals surface area contributed by atoms with E-state index in [1.54, 1.807) is 0 Å². The Bertz CT molecular complexity index is 877. The summed E-state index contributed by atoms with van der Waals surface area (Å²) in [5.41, 5.74) is 3.91. The van der Waals surface area contributed by atoms with Gasteiger partial charge in [-0.3, -0.25) is 19.1 Å². The number of carbonyl (C=O) groups excluding carboxylic acids is 1. The molecule has 1 amide bonds. The largest absolute Gasteiger partial charge is 0.394 e. The van der Waals surface area contributed by atoms with Crippen molar-refractivity contribution in [3.63, 3.8) is 0 Å². The second-order valence-electron chi connectivity index (χ2n) is 8.60. The number of nitrogens with one attached hydrogen (secondary N) is 4. The Morgan fingerprint density at radius 2 is 1.69 bits per heavy atom. The van der Waals surface area contributed by atoms with Crippen molar-refractivity contribution in [2.24, 2.45) is 5.73 Å². The number of amides is 1. The van der Waals surface area contributed by atoms with Crippen molar-refractivity contribution in [2.75, 3.05) is 45.9 Å². The first-order valence-corrected chi connectivity index (χ1v) is 12.2. The Labute approximate surface area is 204 Å². The van der Waals surface area contributed by atoms with E-state index in [0.717, 1.165) is 56.4 Å². The van der Waals surface area contributed by atoms with Crippen LogP contribution in [0.4, 0.5) is 0 Å². The molecule has 1 aromatic rings. The quantitative estimate of drug-likeness (QED) is 0.101. The zero-order valence-electron chi connectivity index (χ0n) is 20.1. The van der Waals surface area contributed by atoms with Crippen LogP contribution in [0.25, 0.3) is 0 Å². The van der Waals surface area contributed by atoms with E-state index in [1.165, 1.54) is 6.20 Å². The van der Waals surface area contributed by atoms with E-state index in [2.05, 4.69) is 20.9 Å². The van der Waals surface area contributed by atoms with Gasteiger partial charge >= 0.3 is 5.69 Å². The third-order valence-corrected chi connectivity index (χ3v) is 5.83. The number of H-pyrrole nitrogens is 1. The van der Waals surface area contributed by atoms with Gasteiger partial charge in [-0.15, -0.1) is 0 Å². The molecule has 1 aromatic heterocycles. The van der Waals surface area contributed by atoms with Gasteiger partial charge in [0.25, 0.3) is 5.56 Å². The molecule has 0 aliphatic carbocycles. The number of aromatic nitrogens is 2. The summed E-state index contributed by atoms with van der Waals surface area (Å²) in [6, 6.07) is 0. The molecular formula is C22H40N6O7. The highest BCUT2D eigenvalue weighted by Crippen LogP contribution is 2.31. The second-order valence-corrected chi connectivity index (χ2v) is 8.60. The molecule has 2 rings (SSSR count). The van der Waals surface area contributed by atoms with Crippen LogP contribution in [0.1, 0.15) is 43.8 Å². The molecule has 0 saturated carbocycles. The lowest BCUT2D eigenvalue weighted by Crippen LogP contribution is -2.37. The Kier molecular flexibility index (Phi) is 13.1. The fraction of sp³-hybridized carbons (Fsp3) is 0.773. The van der Waals surface area contributed by atoms with E-state index < -0.39 is 42.3 Å².